The zero-order valence-corrected chi connectivity index (χ0v) is 12.3. The van der Waals surface area contributed by atoms with Crippen LogP contribution in [-0.2, 0) is 9.53 Å². The van der Waals surface area contributed by atoms with Gasteiger partial charge in [-0.25, -0.2) is 0 Å². The predicted molar refractivity (Wildman–Crippen MR) is 77.8 cm³/mol. The summed E-state index contributed by atoms with van der Waals surface area (Å²) in [6.45, 7) is 5.01. The Bertz CT molecular complexity index is 452. The minimum Gasteiger partial charge on any atom is -0.385 e. The summed E-state index contributed by atoms with van der Waals surface area (Å²) in [5, 5.41) is 5.33. The highest BCUT2D eigenvalue weighted by Crippen LogP contribution is 2.08. The molecule has 0 saturated heterocycles. The van der Waals surface area contributed by atoms with E-state index in [0.717, 1.165) is 17.5 Å². The summed E-state index contributed by atoms with van der Waals surface area (Å²) < 4.78 is 4.88. The van der Waals surface area contributed by atoms with Gasteiger partial charge in [0.2, 0.25) is 5.91 Å². The van der Waals surface area contributed by atoms with Crippen molar-refractivity contribution in [1.29, 1.82) is 0 Å². The van der Waals surface area contributed by atoms with Gasteiger partial charge < -0.3 is 15.4 Å². The lowest BCUT2D eigenvalue weighted by Gasteiger charge is -2.08. The van der Waals surface area contributed by atoms with Gasteiger partial charge in [0.15, 0.2) is 0 Å². The molecule has 1 aromatic rings. The van der Waals surface area contributed by atoms with Gasteiger partial charge >= 0.3 is 0 Å². The van der Waals surface area contributed by atoms with Gasteiger partial charge in [0.05, 0.1) is 6.54 Å². The number of carbonyl (C=O) groups is 2. The Labute approximate surface area is 119 Å². The SMILES string of the molecule is COCCCNC(=O)CNC(=O)c1cc(C)cc(C)c1. The normalized spacial score (nSPS) is 10.2. The molecule has 110 valence electrons. The fraction of sp³-hybridized carbons (Fsp3) is 0.467. The Morgan fingerprint density at radius 1 is 1.10 bits per heavy atom. The van der Waals surface area contributed by atoms with Crippen LogP contribution in [0.25, 0.3) is 0 Å². The highest BCUT2D eigenvalue weighted by atomic mass is 16.5. The Kier molecular flexibility index (Phi) is 6.73. The van der Waals surface area contributed by atoms with Crippen LogP contribution >= 0.6 is 0 Å². The van der Waals surface area contributed by atoms with Crippen molar-refractivity contribution in [2.75, 3.05) is 26.8 Å². The zero-order valence-electron chi connectivity index (χ0n) is 12.3. The molecule has 0 aliphatic carbocycles. The highest BCUT2D eigenvalue weighted by Gasteiger charge is 2.08. The molecule has 2 amide bonds. The average molecular weight is 278 g/mol. The Morgan fingerprint density at radius 3 is 2.35 bits per heavy atom. The molecule has 2 N–H and O–H groups in total. The quantitative estimate of drug-likeness (QED) is 0.736. The van der Waals surface area contributed by atoms with Crippen molar-refractivity contribution in [3.05, 3.63) is 34.9 Å². The first-order valence-electron chi connectivity index (χ1n) is 6.65. The lowest BCUT2D eigenvalue weighted by molar-refractivity contribution is -0.120. The smallest absolute Gasteiger partial charge is 0.251 e. The molecule has 20 heavy (non-hydrogen) atoms. The van der Waals surface area contributed by atoms with Crippen molar-refractivity contribution in [3.63, 3.8) is 0 Å². The van der Waals surface area contributed by atoms with Crippen molar-refractivity contribution in [1.82, 2.24) is 10.6 Å². The van der Waals surface area contributed by atoms with Gasteiger partial charge in [-0.3, -0.25) is 9.59 Å². The van der Waals surface area contributed by atoms with E-state index in [0.29, 0.717) is 18.7 Å². The molecular formula is C15H22N2O3. The van der Waals surface area contributed by atoms with Gasteiger partial charge in [-0.1, -0.05) is 17.2 Å². The first-order valence-corrected chi connectivity index (χ1v) is 6.65. The van der Waals surface area contributed by atoms with Crippen LogP contribution in [-0.4, -0.2) is 38.6 Å². The molecule has 0 spiro atoms. The van der Waals surface area contributed by atoms with Crippen LogP contribution in [0, 0.1) is 13.8 Å². The standard InChI is InChI=1S/C15H22N2O3/c1-11-7-12(2)9-13(8-11)15(19)17-10-14(18)16-5-4-6-20-3/h7-9H,4-6,10H2,1-3H3,(H,16,18)(H,17,19). The summed E-state index contributed by atoms with van der Waals surface area (Å²) >= 11 is 0. The second-order valence-electron chi connectivity index (χ2n) is 4.76. The number of carbonyl (C=O) groups excluding carboxylic acids is 2. The summed E-state index contributed by atoms with van der Waals surface area (Å²) in [7, 11) is 1.62. The third-order valence-corrected chi connectivity index (χ3v) is 2.74. The summed E-state index contributed by atoms with van der Waals surface area (Å²) in [4.78, 5) is 23.4. The number of ether oxygens (including phenoxy) is 1. The number of amides is 2. The summed E-state index contributed by atoms with van der Waals surface area (Å²) in [6, 6.07) is 5.61. The number of benzene rings is 1. The van der Waals surface area contributed by atoms with Crippen LogP contribution in [0.5, 0.6) is 0 Å². The van der Waals surface area contributed by atoms with Crippen LogP contribution in [0.15, 0.2) is 18.2 Å². The summed E-state index contributed by atoms with van der Waals surface area (Å²) in [5.74, 6) is -0.428. The maximum Gasteiger partial charge on any atom is 0.251 e. The number of nitrogens with one attached hydrogen (secondary N) is 2. The van der Waals surface area contributed by atoms with Gasteiger partial charge in [-0.2, -0.15) is 0 Å². The van der Waals surface area contributed by atoms with Crippen molar-refractivity contribution in [2.24, 2.45) is 0 Å². The van der Waals surface area contributed by atoms with Crippen LogP contribution in [0.1, 0.15) is 27.9 Å². The van der Waals surface area contributed by atoms with Gasteiger partial charge in [-0.05, 0) is 32.4 Å². The first kappa shape index (κ1) is 16.2. The van der Waals surface area contributed by atoms with Gasteiger partial charge in [0, 0.05) is 25.8 Å². The van der Waals surface area contributed by atoms with Crippen molar-refractivity contribution in [2.45, 2.75) is 20.3 Å². The number of hydrogen-bond acceptors (Lipinski definition) is 3. The number of hydrogen-bond donors (Lipinski definition) is 2. The lowest BCUT2D eigenvalue weighted by Crippen LogP contribution is -2.37. The van der Waals surface area contributed by atoms with E-state index in [1.165, 1.54) is 0 Å². The van der Waals surface area contributed by atoms with Crippen LogP contribution < -0.4 is 10.6 Å². The fourth-order valence-electron chi connectivity index (χ4n) is 1.88. The molecule has 0 aliphatic heterocycles. The van der Waals surface area contributed by atoms with E-state index >= 15 is 0 Å². The molecule has 0 heterocycles. The molecule has 0 aliphatic rings. The molecule has 5 nitrogen and oxygen atoms in total. The Morgan fingerprint density at radius 2 is 1.75 bits per heavy atom. The topological polar surface area (TPSA) is 67.4 Å². The predicted octanol–water partition coefficient (Wildman–Crippen LogP) is 1.19. The molecular weight excluding hydrogens is 256 g/mol. The van der Waals surface area contributed by atoms with Gasteiger partial charge in [-0.15, -0.1) is 0 Å². The van der Waals surface area contributed by atoms with E-state index in [4.69, 9.17) is 4.74 Å². The van der Waals surface area contributed by atoms with Gasteiger partial charge in [0.1, 0.15) is 0 Å². The molecule has 0 saturated carbocycles. The van der Waals surface area contributed by atoms with E-state index in [1.807, 2.05) is 19.9 Å². The van der Waals surface area contributed by atoms with Crippen LogP contribution in [0.4, 0.5) is 0 Å². The second-order valence-corrected chi connectivity index (χ2v) is 4.76. The molecule has 1 aromatic carbocycles. The highest BCUT2D eigenvalue weighted by molar-refractivity contribution is 5.96. The minimum atomic E-state index is -0.233. The van der Waals surface area contributed by atoms with Crippen LogP contribution in [0.2, 0.25) is 0 Å². The number of methoxy groups -OCH3 is 1. The van der Waals surface area contributed by atoms with Gasteiger partial charge in [0.25, 0.3) is 5.91 Å². The Hall–Kier alpha value is -1.88. The zero-order chi connectivity index (χ0) is 15.0. The molecule has 0 aromatic heterocycles. The maximum absolute atomic E-state index is 11.9. The average Bonchev–Trinajstić information content (AvgIpc) is 2.40. The lowest BCUT2D eigenvalue weighted by atomic mass is 10.1. The number of rotatable bonds is 7. The van der Waals surface area contributed by atoms with Crippen molar-refractivity contribution < 1.29 is 14.3 Å². The largest absolute Gasteiger partial charge is 0.385 e. The van der Waals surface area contributed by atoms with Crippen molar-refractivity contribution >= 4 is 11.8 Å². The third-order valence-electron chi connectivity index (χ3n) is 2.74. The maximum atomic E-state index is 11.9. The molecule has 0 unspecified atom stereocenters. The minimum absolute atomic E-state index is 0.0151. The first-order chi connectivity index (χ1) is 9.52. The molecule has 0 atom stereocenters. The Balaban J connectivity index is 2.37. The van der Waals surface area contributed by atoms with E-state index in [-0.39, 0.29) is 18.4 Å². The monoisotopic (exact) mass is 278 g/mol. The molecule has 0 fully saturated rings. The van der Waals surface area contributed by atoms with Crippen molar-refractivity contribution in [3.8, 4) is 0 Å². The molecule has 0 bridgehead atoms. The second kappa shape index (κ2) is 8.32. The number of aryl methyl sites for hydroxylation is 2. The third kappa shape index (κ3) is 5.84. The van der Waals surface area contributed by atoms with E-state index < -0.39 is 0 Å². The van der Waals surface area contributed by atoms with E-state index in [1.54, 1.807) is 19.2 Å². The molecule has 5 heteroatoms. The molecule has 1 rings (SSSR count). The molecule has 0 radical (unpaired) electrons. The fourth-order valence-corrected chi connectivity index (χ4v) is 1.88. The van der Waals surface area contributed by atoms with Crippen LogP contribution in [0.3, 0.4) is 0 Å². The summed E-state index contributed by atoms with van der Waals surface area (Å²) in [6.07, 6.45) is 0.757. The van der Waals surface area contributed by atoms with E-state index in [9.17, 15) is 9.59 Å². The van der Waals surface area contributed by atoms with E-state index in [2.05, 4.69) is 10.6 Å². The summed E-state index contributed by atoms with van der Waals surface area (Å²) in [5.41, 5.74) is 2.63.